The number of nitrogens with zero attached hydrogens (tertiary/aromatic N) is 1. The van der Waals surface area contributed by atoms with Gasteiger partial charge in [-0.2, -0.15) is 0 Å². The maximum atomic E-state index is 5.33. The van der Waals surface area contributed by atoms with Gasteiger partial charge in [0, 0.05) is 18.4 Å². The highest BCUT2D eigenvalue weighted by Gasteiger charge is 2.18. The van der Waals surface area contributed by atoms with Gasteiger partial charge in [0.05, 0.1) is 14.2 Å². The quantitative estimate of drug-likeness (QED) is 0.513. The molecule has 0 N–H and O–H groups in total. The summed E-state index contributed by atoms with van der Waals surface area (Å²) in [4.78, 5) is 0. The first-order valence-electron chi connectivity index (χ1n) is 6.12. The SMILES string of the molecule is CCC[N+]1=Cc2cc(OC)c(OC)cc2CC1.[I-]. The third-order valence-corrected chi connectivity index (χ3v) is 3.15. The molecule has 1 aliphatic heterocycles. The Balaban J connectivity index is 0.00000162. The van der Waals surface area contributed by atoms with E-state index < -0.39 is 0 Å². The van der Waals surface area contributed by atoms with E-state index in [1.165, 1.54) is 17.5 Å². The highest BCUT2D eigenvalue weighted by molar-refractivity contribution is 5.80. The highest BCUT2D eigenvalue weighted by atomic mass is 127. The van der Waals surface area contributed by atoms with E-state index in [1.807, 2.05) is 0 Å². The topological polar surface area (TPSA) is 21.5 Å². The Kier molecular flexibility index (Phi) is 5.91. The molecule has 3 nitrogen and oxygen atoms in total. The van der Waals surface area contributed by atoms with E-state index in [4.69, 9.17) is 9.47 Å². The first-order valence-corrected chi connectivity index (χ1v) is 6.12. The third kappa shape index (κ3) is 3.16. The van der Waals surface area contributed by atoms with Crippen molar-refractivity contribution in [1.82, 2.24) is 0 Å². The molecule has 0 bridgehead atoms. The Morgan fingerprint density at radius 3 is 2.44 bits per heavy atom. The zero-order chi connectivity index (χ0) is 12.3. The summed E-state index contributed by atoms with van der Waals surface area (Å²) >= 11 is 0. The third-order valence-electron chi connectivity index (χ3n) is 3.15. The molecule has 0 amide bonds. The van der Waals surface area contributed by atoms with Crippen molar-refractivity contribution in [1.29, 1.82) is 0 Å². The van der Waals surface area contributed by atoms with Crippen molar-refractivity contribution in [2.45, 2.75) is 19.8 Å². The summed E-state index contributed by atoms with van der Waals surface area (Å²) in [6.45, 7) is 4.42. The molecule has 18 heavy (non-hydrogen) atoms. The predicted molar refractivity (Wildman–Crippen MR) is 68.7 cm³/mol. The molecular weight excluding hydrogens is 341 g/mol. The van der Waals surface area contributed by atoms with Gasteiger partial charge in [-0.15, -0.1) is 0 Å². The minimum atomic E-state index is 0. The van der Waals surface area contributed by atoms with Crippen LogP contribution in [0.5, 0.6) is 11.5 Å². The van der Waals surface area contributed by atoms with Crippen LogP contribution in [0.1, 0.15) is 24.5 Å². The van der Waals surface area contributed by atoms with E-state index in [0.29, 0.717) is 0 Å². The van der Waals surface area contributed by atoms with Crippen molar-refractivity contribution in [2.75, 3.05) is 27.3 Å². The van der Waals surface area contributed by atoms with Crippen molar-refractivity contribution < 1.29 is 38.0 Å². The summed E-state index contributed by atoms with van der Waals surface area (Å²) in [5.74, 6) is 1.63. The van der Waals surface area contributed by atoms with Gasteiger partial charge < -0.3 is 33.5 Å². The van der Waals surface area contributed by atoms with Crippen LogP contribution < -0.4 is 33.5 Å². The molecule has 1 heterocycles. The summed E-state index contributed by atoms with van der Waals surface area (Å²) in [5, 5.41) is 0. The number of hydrogen-bond acceptors (Lipinski definition) is 2. The fourth-order valence-electron chi connectivity index (χ4n) is 2.26. The van der Waals surface area contributed by atoms with Gasteiger partial charge >= 0.3 is 0 Å². The molecule has 0 aromatic heterocycles. The maximum Gasteiger partial charge on any atom is 0.171 e. The van der Waals surface area contributed by atoms with E-state index in [1.54, 1.807) is 14.2 Å². The van der Waals surface area contributed by atoms with Crippen LogP contribution in [0.15, 0.2) is 12.1 Å². The van der Waals surface area contributed by atoms with Crippen LogP contribution in [0.3, 0.4) is 0 Å². The maximum absolute atomic E-state index is 5.33. The lowest BCUT2D eigenvalue weighted by Gasteiger charge is -2.15. The molecule has 0 unspecified atom stereocenters. The second kappa shape index (κ2) is 6.97. The van der Waals surface area contributed by atoms with Crippen molar-refractivity contribution in [3.8, 4) is 11.5 Å². The number of rotatable bonds is 4. The molecule has 0 saturated heterocycles. The summed E-state index contributed by atoms with van der Waals surface area (Å²) in [6, 6.07) is 4.16. The van der Waals surface area contributed by atoms with Gasteiger partial charge in [-0.25, -0.2) is 4.58 Å². The molecule has 0 spiro atoms. The number of benzene rings is 1. The van der Waals surface area contributed by atoms with E-state index in [9.17, 15) is 0 Å². The molecule has 0 atom stereocenters. The fraction of sp³-hybridized carbons (Fsp3) is 0.500. The molecule has 1 aromatic rings. The first kappa shape index (κ1) is 15.3. The predicted octanol–water partition coefficient (Wildman–Crippen LogP) is -0.895. The second-order valence-corrected chi connectivity index (χ2v) is 4.32. The number of ether oxygens (including phenoxy) is 2. The van der Waals surface area contributed by atoms with Gasteiger partial charge in [0.2, 0.25) is 0 Å². The van der Waals surface area contributed by atoms with E-state index in [-0.39, 0.29) is 24.0 Å². The van der Waals surface area contributed by atoms with E-state index in [2.05, 4.69) is 29.8 Å². The van der Waals surface area contributed by atoms with Crippen LogP contribution in [0, 0.1) is 0 Å². The minimum absolute atomic E-state index is 0. The van der Waals surface area contributed by atoms with Crippen LogP contribution in [0.25, 0.3) is 0 Å². The summed E-state index contributed by atoms with van der Waals surface area (Å²) in [7, 11) is 3.36. The van der Waals surface area contributed by atoms with Gasteiger partial charge in [0.25, 0.3) is 0 Å². The first-order chi connectivity index (χ1) is 8.28. The van der Waals surface area contributed by atoms with Crippen molar-refractivity contribution >= 4 is 6.21 Å². The van der Waals surface area contributed by atoms with Gasteiger partial charge in [-0.05, 0) is 17.7 Å². The Morgan fingerprint density at radius 2 is 1.83 bits per heavy atom. The molecular formula is C14H20INO2. The Bertz CT molecular complexity index is 444. The molecule has 1 aromatic carbocycles. The fourth-order valence-corrected chi connectivity index (χ4v) is 2.26. The van der Waals surface area contributed by atoms with Gasteiger partial charge in [0.15, 0.2) is 17.7 Å². The lowest BCUT2D eigenvalue weighted by atomic mass is 10.0. The lowest BCUT2D eigenvalue weighted by molar-refractivity contribution is -0.524. The molecule has 2 rings (SSSR count). The minimum Gasteiger partial charge on any atom is -1.00 e. The van der Waals surface area contributed by atoms with Gasteiger partial charge in [0.1, 0.15) is 13.1 Å². The summed E-state index contributed by atoms with van der Waals surface area (Å²) < 4.78 is 13.0. The lowest BCUT2D eigenvalue weighted by Crippen LogP contribution is -3.00. The van der Waals surface area contributed by atoms with Crippen molar-refractivity contribution in [3.05, 3.63) is 23.3 Å². The largest absolute Gasteiger partial charge is 1.00 e. The van der Waals surface area contributed by atoms with Crippen LogP contribution >= 0.6 is 0 Å². The standard InChI is InChI=1S/C14H20NO2.HI/c1-4-6-15-7-5-11-8-13(16-2)14(17-3)9-12(11)10-15;/h8-10H,4-7H2,1-3H3;1H/q+1;/p-1. The Morgan fingerprint density at radius 1 is 1.17 bits per heavy atom. The monoisotopic (exact) mass is 361 g/mol. The van der Waals surface area contributed by atoms with Crippen LogP contribution in [0.4, 0.5) is 0 Å². The summed E-state index contributed by atoms with van der Waals surface area (Å²) in [6.07, 6.45) is 4.48. The van der Waals surface area contributed by atoms with Crippen LogP contribution in [0.2, 0.25) is 0 Å². The summed E-state index contributed by atoms with van der Waals surface area (Å²) in [5.41, 5.74) is 2.59. The molecule has 0 fully saturated rings. The second-order valence-electron chi connectivity index (χ2n) is 4.32. The molecule has 4 heteroatoms. The highest BCUT2D eigenvalue weighted by Crippen LogP contribution is 2.31. The van der Waals surface area contributed by atoms with Crippen molar-refractivity contribution in [2.24, 2.45) is 0 Å². The number of methoxy groups -OCH3 is 2. The number of halogens is 1. The van der Waals surface area contributed by atoms with Gasteiger partial charge in [-0.3, -0.25) is 0 Å². The molecule has 0 radical (unpaired) electrons. The van der Waals surface area contributed by atoms with Gasteiger partial charge in [-0.1, -0.05) is 6.92 Å². The van der Waals surface area contributed by atoms with Crippen molar-refractivity contribution in [3.63, 3.8) is 0 Å². The van der Waals surface area contributed by atoms with Crippen LogP contribution in [-0.2, 0) is 6.42 Å². The van der Waals surface area contributed by atoms with E-state index >= 15 is 0 Å². The average Bonchev–Trinajstić information content (AvgIpc) is 2.37. The zero-order valence-corrected chi connectivity index (χ0v) is 13.4. The molecule has 0 saturated carbocycles. The number of hydrogen-bond donors (Lipinski definition) is 0. The zero-order valence-electron chi connectivity index (χ0n) is 11.2. The average molecular weight is 361 g/mol. The smallest absolute Gasteiger partial charge is 0.171 e. The van der Waals surface area contributed by atoms with Crippen LogP contribution in [-0.4, -0.2) is 38.1 Å². The van der Waals surface area contributed by atoms with E-state index in [0.717, 1.165) is 31.0 Å². The Hall–Kier alpha value is -0.780. The molecule has 100 valence electrons. The number of fused-ring (bicyclic) bond motifs is 1. The molecule has 0 aliphatic carbocycles. The Labute approximate surface area is 126 Å². The molecule has 1 aliphatic rings. The normalized spacial score (nSPS) is 13.2.